The lowest BCUT2D eigenvalue weighted by Gasteiger charge is -2.20. The Labute approximate surface area is 126 Å². The highest BCUT2D eigenvalue weighted by Gasteiger charge is 2.24. The molecule has 1 heterocycles. The standard InChI is InChI=1S/C16H18F3NS/c1-4-7-20-15(16-9(2)8-10(3)21-16)11-5-6-12(17)14(19)13(11)18/h5-6,8,15,20H,4,7H2,1-3H3. The second-order valence-corrected chi connectivity index (χ2v) is 6.34. The summed E-state index contributed by atoms with van der Waals surface area (Å²) in [6, 6.07) is 3.84. The highest BCUT2D eigenvalue weighted by Crippen LogP contribution is 2.34. The third-order valence-corrected chi connectivity index (χ3v) is 4.53. The highest BCUT2D eigenvalue weighted by atomic mass is 32.1. The third-order valence-electron chi connectivity index (χ3n) is 3.32. The van der Waals surface area contributed by atoms with E-state index in [1.165, 1.54) is 6.07 Å². The molecule has 5 heteroatoms. The lowest BCUT2D eigenvalue weighted by Crippen LogP contribution is -2.24. The van der Waals surface area contributed by atoms with Gasteiger partial charge in [0, 0.05) is 15.3 Å². The van der Waals surface area contributed by atoms with Gasteiger partial charge >= 0.3 is 0 Å². The molecule has 0 saturated heterocycles. The van der Waals surface area contributed by atoms with Crippen molar-refractivity contribution in [3.63, 3.8) is 0 Å². The Morgan fingerprint density at radius 3 is 2.43 bits per heavy atom. The number of benzene rings is 1. The molecular formula is C16H18F3NS. The van der Waals surface area contributed by atoms with Crippen LogP contribution < -0.4 is 5.32 Å². The van der Waals surface area contributed by atoms with Crippen molar-refractivity contribution in [2.75, 3.05) is 6.54 Å². The molecule has 0 bridgehead atoms. The second-order valence-electron chi connectivity index (χ2n) is 5.06. The van der Waals surface area contributed by atoms with Gasteiger partial charge in [-0.3, -0.25) is 0 Å². The van der Waals surface area contributed by atoms with E-state index in [0.717, 1.165) is 27.8 Å². The molecule has 0 radical (unpaired) electrons. The quantitative estimate of drug-likeness (QED) is 0.776. The van der Waals surface area contributed by atoms with Crippen LogP contribution in [-0.4, -0.2) is 6.54 Å². The van der Waals surface area contributed by atoms with Gasteiger partial charge in [0.25, 0.3) is 0 Å². The van der Waals surface area contributed by atoms with Crippen molar-refractivity contribution in [3.05, 3.63) is 56.5 Å². The van der Waals surface area contributed by atoms with Crippen LogP contribution in [0.4, 0.5) is 13.2 Å². The first-order chi connectivity index (χ1) is 9.95. The van der Waals surface area contributed by atoms with E-state index in [4.69, 9.17) is 0 Å². The maximum Gasteiger partial charge on any atom is 0.194 e. The fourth-order valence-electron chi connectivity index (χ4n) is 2.34. The van der Waals surface area contributed by atoms with E-state index in [0.29, 0.717) is 6.54 Å². The van der Waals surface area contributed by atoms with Gasteiger partial charge in [-0.1, -0.05) is 13.0 Å². The molecule has 0 aliphatic heterocycles. The Hall–Kier alpha value is -1.33. The summed E-state index contributed by atoms with van der Waals surface area (Å²) >= 11 is 1.54. The Bertz CT molecular complexity index is 637. The summed E-state index contributed by atoms with van der Waals surface area (Å²) < 4.78 is 40.8. The summed E-state index contributed by atoms with van der Waals surface area (Å²) in [4.78, 5) is 2.04. The summed E-state index contributed by atoms with van der Waals surface area (Å²) in [5, 5.41) is 3.22. The van der Waals surface area contributed by atoms with Gasteiger partial charge in [0.05, 0.1) is 6.04 Å². The van der Waals surface area contributed by atoms with E-state index >= 15 is 0 Å². The number of halogens is 3. The van der Waals surface area contributed by atoms with Crippen LogP contribution in [0.5, 0.6) is 0 Å². The average Bonchev–Trinajstić information content (AvgIpc) is 2.77. The van der Waals surface area contributed by atoms with Crippen molar-refractivity contribution in [1.29, 1.82) is 0 Å². The van der Waals surface area contributed by atoms with Crippen LogP contribution in [0.15, 0.2) is 18.2 Å². The van der Waals surface area contributed by atoms with Gasteiger partial charge in [0.2, 0.25) is 0 Å². The largest absolute Gasteiger partial charge is 0.305 e. The average molecular weight is 313 g/mol. The minimum absolute atomic E-state index is 0.146. The van der Waals surface area contributed by atoms with Crippen molar-refractivity contribution in [1.82, 2.24) is 5.32 Å². The fourth-order valence-corrected chi connectivity index (χ4v) is 3.47. The predicted octanol–water partition coefficient (Wildman–Crippen LogP) is 4.87. The zero-order valence-corrected chi connectivity index (χ0v) is 13.1. The monoisotopic (exact) mass is 313 g/mol. The first-order valence-corrected chi connectivity index (χ1v) is 7.71. The van der Waals surface area contributed by atoms with Crippen LogP contribution in [0.3, 0.4) is 0 Å². The van der Waals surface area contributed by atoms with Gasteiger partial charge in [-0.05, 0) is 44.5 Å². The van der Waals surface area contributed by atoms with E-state index < -0.39 is 23.5 Å². The lowest BCUT2D eigenvalue weighted by atomic mass is 10.0. The summed E-state index contributed by atoms with van der Waals surface area (Å²) in [5.74, 6) is -3.69. The number of thiophene rings is 1. The summed E-state index contributed by atoms with van der Waals surface area (Å²) in [6.45, 7) is 6.58. The molecule has 1 nitrogen and oxygen atoms in total. The summed E-state index contributed by atoms with van der Waals surface area (Å²) in [7, 11) is 0. The zero-order chi connectivity index (χ0) is 15.6. The van der Waals surface area contributed by atoms with Crippen LogP contribution in [0.2, 0.25) is 0 Å². The minimum Gasteiger partial charge on any atom is -0.305 e. The molecule has 0 fully saturated rings. The van der Waals surface area contributed by atoms with Gasteiger partial charge in [-0.25, -0.2) is 13.2 Å². The topological polar surface area (TPSA) is 12.0 Å². The van der Waals surface area contributed by atoms with Gasteiger partial charge in [-0.2, -0.15) is 0 Å². The first-order valence-electron chi connectivity index (χ1n) is 6.89. The first kappa shape index (κ1) is 16.0. The molecule has 0 aliphatic rings. The van der Waals surface area contributed by atoms with E-state index in [9.17, 15) is 13.2 Å². The predicted molar refractivity (Wildman–Crippen MR) is 80.2 cm³/mol. The van der Waals surface area contributed by atoms with Gasteiger partial charge in [-0.15, -0.1) is 11.3 Å². The number of hydrogen-bond donors (Lipinski definition) is 1. The normalized spacial score (nSPS) is 12.7. The van der Waals surface area contributed by atoms with Crippen molar-refractivity contribution >= 4 is 11.3 Å². The van der Waals surface area contributed by atoms with Crippen LogP contribution in [0.1, 0.15) is 40.3 Å². The van der Waals surface area contributed by atoms with E-state index in [2.05, 4.69) is 5.32 Å². The highest BCUT2D eigenvalue weighted by molar-refractivity contribution is 7.12. The molecule has 1 unspecified atom stereocenters. The smallest absolute Gasteiger partial charge is 0.194 e. The molecule has 0 saturated carbocycles. The van der Waals surface area contributed by atoms with Crippen molar-refractivity contribution < 1.29 is 13.2 Å². The Morgan fingerprint density at radius 2 is 1.86 bits per heavy atom. The molecule has 0 spiro atoms. The van der Waals surface area contributed by atoms with E-state index in [-0.39, 0.29) is 5.56 Å². The Balaban J connectivity index is 2.50. The maximum absolute atomic E-state index is 14.1. The van der Waals surface area contributed by atoms with Crippen molar-refractivity contribution in [3.8, 4) is 0 Å². The minimum atomic E-state index is -1.42. The molecule has 0 amide bonds. The Morgan fingerprint density at radius 1 is 1.14 bits per heavy atom. The molecular weight excluding hydrogens is 295 g/mol. The van der Waals surface area contributed by atoms with E-state index in [1.807, 2.05) is 26.8 Å². The third kappa shape index (κ3) is 3.30. The summed E-state index contributed by atoms with van der Waals surface area (Å²) in [6.07, 6.45) is 0.866. The number of aryl methyl sites for hydroxylation is 2. The molecule has 1 N–H and O–H groups in total. The van der Waals surface area contributed by atoms with Gasteiger partial charge in [0.1, 0.15) is 0 Å². The van der Waals surface area contributed by atoms with E-state index in [1.54, 1.807) is 11.3 Å². The van der Waals surface area contributed by atoms with Crippen molar-refractivity contribution in [2.45, 2.75) is 33.2 Å². The molecule has 1 aromatic heterocycles. The van der Waals surface area contributed by atoms with Crippen molar-refractivity contribution in [2.24, 2.45) is 0 Å². The zero-order valence-electron chi connectivity index (χ0n) is 12.3. The SMILES string of the molecule is CCCNC(c1ccc(F)c(F)c1F)c1sc(C)cc1C. The van der Waals surface area contributed by atoms with Gasteiger partial charge in [0.15, 0.2) is 17.5 Å². The maximum atomic E-state index is 14.1. The van der Waals surface area contributed by atoms with Crippen LogP contribution in [0.25, 0.3) is 0 Å². The van der Waals surface area contributed by atoms with Gasteiger partial charge < -0.3 is 5.32 Å². The second kappa shape index (κ2) is 6.62. The Kier molecular flexibility index (Phi) is 5.06. The molecule has 1 aromatic carbocycles. The molecule has 2 aromatic rings. The number of rotatable bonds is 5. The fraction of sp³-hybridized carbons (Fsp3) is 0.375. The van der Waals surface area contributed by atoms with Crippen LogP contribution in [-0.2, 0) is 0 Å². The summed E-state index contributed by atoms with van der Waals surface area (Å²) in [5.41, 5.74) is 1.17. The molecule has 2 rings (SSSR count). The number of nitrogens with one attached hydrogen (secondary N) is 1. The lowest BCUT2D eigenvalue weighted by molar-refractivity contribution is 0.433. The molecule has 21 heavy (non-hydrogen) atoms. The van der Waals surface area contributed by atoms with Crippen LogP contribution in [0, 0.1) is 31.3 Å². The number of hydrogen-bond acceptors (Lipinski definition) is 2. The molecule has 1 atom stereocenters. The molecule has 0 aliphatic carbocycles. The van der Waals surface area contributed by atoms with Crippen LogP contribution >= 0.6 is 11.3 Å². The molecule has 114 valence electrons.